The number of thioether (sulfide) groups is 1. The van der Waals surface area contributed by atoms with Crippen LogP contribution in [0.2, 0.25) is 0 Å². The lowest BCUT2D eigenvalue weighted by molar-refractivity contribution is -0.384. The van der Waals surface area contributed by atoms with Crippen LogP contribution in [0.25, 0.3) is 0 Å². The minimum absolute atomic E-state index is 0.0100. The zero-order valence-electron chi connectivity index (χ0n) is 14.6. The van der Waals surface area contributed by atoms with Crippen molar-refractivity contribution in [3.63, 3.8) is 0 Å². The van der Waals surface area contributed by atoms with Gasteiger partial charge in [-0.15, -0.1) is 0 Å². The largest absolute Gasteiger partial charge is 0.376 e. The first-order valence-corrected chi connectivity index (χ1v) is 11.2. The molecule has 0 aromatic heterocycles. The summed E-state index contributed by atoms with van der Waals surface area (Å²) >= 11 is 1.64. The second-order valence-corrected chi connectivity index (χ2v) is 9.10. The Morgan fingerprint density at radius 2 is 1.92 bits per heavy atom. The summed E-state index contributed by atoms with van der Waals surface area (Å²) < 4.78 is 27.1. The van der Waals surface area contributed by atoms with Crippen molar-refractivity contribution < 1.29 is 13.3 Å². The van der Waals surface area contributed by atoms with Gasteiger partial charge in [-0.05, 0) is 38.2 Å². The molecule has 7 nitrogen and oxygen atoms in total. The standard InChI is InChI=1S/C16H25N3O4S2/c1-13(12-24-2)17-15-8-7-14(11-16(15)19(20)21)25(22,23)18-9-5-3-4-6-10-18/h7-8,11,13,17H,3-6,9-10,12H2,1-2H3. The number of benzene rings is 1. The summed E-state index contributed by atoms with van der Waals surface area (Å²) in [6.07, 6.45) is 5.65. The second-order valence-electron chi connectivity index (χ2n) is 6.26. The van der Waals surface area contributed by atoms with Crippen LogP contribution >= 0.6 is 11.8 Å². The lowest BCUT2D eigenvalue weighted by atomic mass is 10.2. The Bertz CT molecular complexity index is 701. The van der Waals surface area contributed by atoms with E-state index in [1.165, 1.54) is 22.5 Å². The Labute approximate surface area is 153 Å². The van der Waals surface area contributed by atoms with Gasteiger partial charge in [-0.3, -0.25) is 10.1 Å². The number of sulfonamides is 1. The van der Waals surface area contributed by atoms with Crippen LogP contribution in [0.1, 0.15) is 32.6 Å². The van der Waals surface area contributed by atoms with E-state index in [1.54, 1.807) is 11.8 Å². The molecule has 0 radical (unpaired) electrons. The summed E-state index contributed by atoms with van der Waals surface area (Å²) in [4.78, 5) is 10.9. The normalized spacial score (nSPS) is 17.7. The van der Waals surface area contributed by atoms with Gasteiger partial charge in [0, 0.05) is 31.0 Å². The van der Waals surface area contributed by atoms with Crippen LogP contribution in [0.3, 0.4) is 0 Å². The molecule has 1 saturated heterocycles. The first kappa shape index (κ1) is 20.0. The quantitative estimate of drug-likeness (QED) is 0.570. The summed E-state index contributed by atoms with van der Waals surface area (Å²) in [6, 6.07) is 4.18. The van der Waals surface area contributed by atoms with E-state index < -0.39 is 14.9 Å². The molecule has 0 spiro atoms. The van der Waals surface area contributed by atoms with Gasteiger partial charge in [0.1, 0.15) is 5.69 Å². The van der Waals surface area contributed by atoms with E-state index >= 15 is 0 Å². The lowest BCUT2D eigenvalue weighted by Crippen LogP contribution is -2.32. The van der Waals surface area contributed by atoms with E-state index in [9.17, 15) is 18.5 Å². The molecule has 1 aromatic carbocycles. The predicted molar refractivity (Wildman–Crippen MR) is 102 cm³/mol. The van der Waals surface area contributed by atoms with E-state index in [-0.39, 0.29) is 16.6 Å². The molecule has 9 heteroatoms. The summed E-state index contributed by atoms with van der Waals surface area (Å²) in [7, 11) is -3.70. The lowest BCUT2D eigenvalue weighted by Gasteiger charge is -2.20. The molecule has 0 aliphatic carbocycles. The maximum atomic E-state index is 12.8. The highest BCUT2D eigenvalue weighted by Gasteiger charge is 2.28. The number of hydrogen-bond acceptors (Lipinski definition) is 6. The molecule has 1 aliphatic heterocycles. The molecule has 1 fully saturated rings. The van der Waals surface area contributed by atoms with Crippen molar-refractivity contribution >= 4 is 33.2 Å². The topological polar surface area (TPSA) is 92.6 Å². The molecule has 25 heavy (non-hydrogen) atoms. The van der Waals surface area contributed by atoms with E-state index in [2.05, 4.69) is 5.32 Å². The molecule has 1 heterocycles. The van der Waals surface area contributed by atoms with Gasteiger partial charge in [0.15, 0.2) is 0 Å². The summed E-state index contributed by atoms with van der Waals surface area (Å²) in [5.41, 5.74) is 0.144. The first-order valence-electron chi connectivity index (χ1n) is 8.40. The zero-order chi connectivity index (χ0) is 18.4. The van der Waals surface area contributed by atoms with Crippen LogP contribution < -0.4 is 5.32 Å². The molecular formula is C16H25N3O4S2. The minimum Gasteiger partial charge on any atom is -0.376 e. The number of anilines is 1. The van der Waals surface area contributed by atoms with Crippen molar-refractivity contribution in [2.24, 2.45) is 0 Å². The average molecular weight is 388 g/mol. The summed E-state index contributed by atoms with van der Waals surface area (Å²) in [5, 5.41) is 14.5. The van der Waals surface area contributed by atoms with Gasteiger partial charge in [0.2, 0.25) is 10.0 Å². The van der Waals surface area contributed by atoms with Crippen molar-refractivity contribution in [3.8, 4) is 0 Å². The van der Waals surface area contributed by atoms with Crippen LogP contribution in [0.15, 0.2) is 23.1 Å². The molecule has 0 amide bonds. The highest BCUT2D eigenvalue weighted by Crippen LogP contribution is 2.30. The number of hydrogen-bond donors (Lipinski definition) is 1. The fraction of sp³-hybridized carbons (Fsp3) is 0.625. The fourth-order valence-corrected chi connectivity index (χ4v) is 5.05. The maximum absolute atomic E-state index is 12.8. The van der Waals surface area contributed by atoms with Crippen molar-refractivity contribution in [1.29, 1.82) is 0 Å². The third-order valence-corrected chi connectivity index (χ3v) is 6.92. The fourth-order valence-electron chi connectivity index (χ4n) is 2.93. The van der Waals surface area contributed by atoms with Gasteiger partial charge >= 0.3 is 0 Å². The molecule has 1 unspecified atom stereocenters. The number of nitrogens with one attached hydrogen (secondary N) is 1. The predicted octanol–water partition coefficient (Wildman–Crippen LogP) is 3.32. The Kier molecular flexibility index (Phi) is 7.09. The van der Waals surface area contributed by atoms with Gasteiger partial charge in [-0.25, -0.2) is 8.42 Å². The molecule has 0 bridgehead atoms. The number of rotatable bonds is 7. The minimum atomic E-state index is -3.70. The summed E-state index contributed by atoms with van der Waals surface area (Å²) in [6.45, 7) is 2.88. The molecule has 0 saturated carbocycles. The Morgan fingerprint density at radius 3 is 2.48 bits per heavy atom. The van der Waals surface area contributed by atoms with Crippen molar-refractivity contribution in [2.45, 2.75) is 43.5 Å². The van der Waals surface area contributed by atoms with Crippen LogP contribution in [0.5, 0.6) is 0 Å². The highest BCUT2D eigenvalue weighted by atomic mass is 32.2. The third kappa shape index (κ3) is 5.08. The van der Waals surface area contributed by atoms with E-state index in [4.69, 9.17) is 0 Å². The maximum Gasteiger partial charge on any atom is 0.293 e. The highest BCUT2D eigenvalue weighted by molar-refractivity contribution is 7.98. The second kappa shape index (κ2) is 8.86. The van der Waals surface area contributed by atoms with E-state index in [0.717, 1.165) is 31.4 Å². The number of nitrogens with zero attached hydrogens (tertiary/aromatic N) is 2. The average Bonchev–Trinajstić information content (AvgIpc) is 2.84. The van der Waals surface area contributed by atoms with Crippen LogP contribution in [-0.2, 0) is 10.0 Å². The zero-order valence-corrected chi connectivity index (χ0v) is 16.2. The van der Waals surface area contributed by atoms with Crippen molar-refractivity contribution in [1.82, 2.24) is 4.31 Å². The summed E-state index contributed by atoms with van der Waals surface area (Å²) in [5.74, 6) is 0.797. The smallest absolute Gasteiger partial charge is 0.293 e. The third-order valence-electron chi connectivity index (χ3n) is 4.19. The van der Waals surface area contributed by atoms with Crippen LogP contribution in [0, 0.1) is 10.1 Å². The molecule has 1 atom stereocenters. The van der Waals surface area contributed by atoms with E-state index in [1.807, 2.05) is 13.2 Å². The Hall–Kier alpha value is -1.32. The first-order chi connectivity index (χ1) is 11.9. The van der Waals surface area contributed by atoms with Crippen molar-refractivity contribution in [2.75, 3.05) is 30.4 Å². The number of nitro benzene ring substituents is 1. The molecular weight excluding hydrogens is 362 g/mol. The van der Waals surface area contributed by atoms with E-state index in [0.29, 0.717) is 18.8 Å². The Morgan fingerprint density at radius 1 is 1.28 bits per heavy atom. The van der Waals surface area contributed by atoms with Gasteiger partial charge in [0.25, 0.3) is 5.69 Å². The molecule has 1 aromatic rings. The van der Waals surface area contributed by atoms with Gasteiger partial charge in [0.05, 0.1) is 9.82 Å². The van der Waals surface area contributed by atoms with Crippen LogP contribution in [-0.4, -0.2) is 48.8 Å². The van der Waals surface area contributed by atoms with Gasteiger partial charge in [-0.2, -0.15) is 16.1 Å². The van der Waals surface area contributed by atoms with Gasteiger partial charge < -0.3 is 5.32 Å². The molecule has 1 N–H and O–H groups in total. The van der Waals surface area contributed by atoms with Crippen molar-refractivity contribution in [3.05, 3.63) is 28.3 Å². The Balaban J connectivity index is 2.32. The monoisotopic (exact) mass is 387 g/mol. The molecule has 140 valence electrons. The van der Waals surface area contributed by atoms with Crippen LogP contribution in [0.4, 0.5) is 11.4 Å². The molecule has 2 rings (SSSR count). The SMILES string of the molecule is CSCC(C)Nc1ccc(S(=O)(=O)N2CCCCCC2)cc1[N+](=O)[O-]. The number of nitro groups is 1. The van der Waals surface area contributed by atoms with Gasteiger partial charge in [-0.1, -0.05) is 12.8 Å². The molecule has 1 aliphatic rings.